The van der Waals surface area contributed by atoms with E-state index in [0.717, 1.165) is 4.90 Å². The Hall–Kier alpha value is -1.93. The minimum absolute atomic E-state index is 0.0978. The van der Waals surface area contributed by atoms with Crippen LogP contribution in [0, 0.1) is 10.1 Å². The van der Waals surface area contributed by atoms with Gasteiger partial charge in [0.1, 0.15) is 12.7 Å². The van der Waals surface area contributed by atoms with Gasteiger partial charge in [0.25, 0.3) is 0 Å². The number of thioether (sulfide) groups is 1. The second-order valence-corrected chi connectivity index (χ2v) is 4.69. The summed E-state index contributed by atoms with van der Waals surface area (Å²) < 4.78 is 1.42. The summed E-state index contributed by atoms with van der Waals surface area (Å²) >= 11 is 1.51. The van der Waals surface area contributed by atoms with E-state index in [9.17, 15) is 10.1 Å². The fourth-order valence-corrected chi connectivity index (χ4v) is 2.43. The first-order valence-corrected chi connectivity index (χ1v) is 6.53. The van der Waals surface area contributed by atoms with Gasteiger partial charge in [-0.3, -0.25) is 4.98 Å². The Bertz CT molecular complexity index is 558. The van der Waals surface area contributed by atoms with Gasteiger partial charge in [-0.1, -0.05) is 0 Å². The molecule has 100 valence electrons. The van der Waals surface area contributed by atoms with Gasteiger partial charge in [-0.15, -0.1) is 11.8 Å². The number of imidazole rings is 1. The Morgan fingerprint density at radius 3 is 2.79 bits per heavy atom. The first kappa shape index (κ1) is 13.5. The van der Waals surface area contributed by atoms with Crippen molar-refractivity contribution in [2.75, 3.05) is 6.61 Å². The van der Waals surface area contributed by atoms with Crippen LogP contribution >= 0.6 is 11.8 Å². The highest BCUT2D eigenvalue weighted by Gasteiger charge is 2.19. The lowest BCUT2D eigenvalue weighted by molar-refractivity contribution is -0.392. The fraction of sp³-hybridized carbons (Fsp3) is 0.273. The van der Waals surface area contributed by atoms with E-state index in [1.54, 1.807) is 12.4 Å². The van der Waals surface area contributed by atoms with E-state index in [1.807, 2.05) is 12.1 Å². The van der Waals surface area contributed by atoms with E-state index in [-0.39, 0.29) is 19.0 Å². The number of nitrogens with zero attached hydrogens (tertiary/aromatic N) is 4. The second kappa shape index (κ2) is 6.30. The number of pyridine rings is 1. The SMILES string of the molecule is O=[N+]([O-])c1cnc(CSc2ccncc2)n1CCO. The maximum Gasteiger partial charge on any atom is 0.342 e. The molecule has 0 unspecified atom stereocenters. The van der Waals surface area contributed by atoms with Gasteiger partial charge in [-0.05, 0) is 17.1 Å². The van der Waals surface area contributed by atoms with Crippen molar-refractivity contribution in [1.82, 2.24) is 14.5 Å². The first-order valence-electron chi connectivity index (χ1n) is 5.55. The third-order valence-electron chi connectivity index (χ3n) is 2.45. The Labute approximate surface area is 113 Å². The third kappa shape index (κ3) is 3.30. The molecule has 2 heterocycles. The van der Waals surface area contributed by atoms with Crippen molar-refractivity contribution in [2.24, 2.45) is 0 Å². The predicted molar refractivity (Wildman–Crippen MR) is 69.8 cm³/mol. The molecule has 0 saturated carbocycles. The lowest BCUT2D eigenvalue weighted by Crippen LogP contribution is -2.09. The van der Waals surface area contributed by atoms with Gasteiger partial charge in [-0.25, -0.2) is 9.55 Å². The van der Waals surface area contributed by atoms with Crippen molar-refractivity contribution in [1.29, 1.82) is 0 Å². The fourth-order valence-electron chi connectivity index (χ4n) is 1.59. The van der Waals surface area contributed by atoms with Crippen LogP contribution in [0.4, 0.5) is 5.82 Å². The van der Waals surface area contributed by atoms with Gasteiger partial charge in [-0.2, -0.15) is 0 Å². The summed E-state index contributed by atoms with van der Waals surface area (Å²) in [7, 11) is 0. The molecule has 7 nitrogen and oxygen atoms in total. The van der Waals surface area contributed by atoms with Crippen LogP contribution in [-0.2, 0) is 12.3 Å². The van der Waals surface area contributed by atoms with Crippen molar-refractivity contribution in [2.45, 2.75) is 17.2 Å². The largest absolute Gasteiger partial charge is 0.392 e. The second-order valence-electron chi connectivity index (χ2n) is 3.64. The highest BCUT2D eigenvalue weighted by atomic mass is 32.2. The molecule has 0 aliphatic heterocycles. The van der Waals surface area contributed by atoms with Gasteiger partial charge >= 0.3 is 5.82 Å². The van der Waals surface area contributed by atoms with Crippen molar-refractivity contribution in [3.8, 4) is 0 Å². The number of aliphatic hydroxyl groups excluding tert-OH is 1. The molecule has 19 heavy (non-hydrogen) atoms. The maximum atomic E-state index is 10.8. The van der Waals surface area contributed by atoms with Crippen molar-refractivity contribution >= 4 is 17.6 Å². The molecule has 0 fully saturated rings. The van der Waals surface area contributed by atoms with Crippen LogP contribution in [0.1, 0.15) is 5.82 Å². The lowest BCUT2D eigenvalue weighted by atomic mass is 10.5. The number of aliphatic hydroxyl groups is 1. The zero-order valence-corrected chi connectivity index (χ0v) is 10.8. The average Bonchev–Trinajstić information content (AvgIpc) is 2.81. The smallest absolute Gasteiger partial charge is 0.342 e. The molecule has 8 heteroatoms. The van der Waals surface area contributed by atoms with Crippen LogP contribution in [-0.4, -0.2) is 31.2 Å². The Morgan fingerprint density at radius 2 is 2.16 bits per heavy atom. The molecular weight excluding hydrogens is 268 g/mol. The topological polar surface area (TPSA) is 94.1 Å². The van der Waals surface area contributed by atoms with E-state index in [1.165, 1.54) is 22.5 Å². The number of aromatic nitrogens is 3. The van der Waals surface area contributed by atoms with Crippen molar-refractivity contribution < 1.29 is 10.0 Å². The molecule has 0 bridgehead atoms. The summed E-state index contributed by atoms with van der Waals surface area (Å²) in [6, 6.07) is 3.72. The minimum Gasteiger partial charge on any atom is -0.392 e. The molecule has 0 atom stereocenters. The normalized spacial score (nSPS) is 10.6. The van der Waals surface area contributed by atoms with Crippen LogP contribution in [0.3, 0.4) is 0 Å². The average molecular weight is 280 g/mol. The molecule has 0 aromatic carbocycles. The highest BCUT2D eigenvalue weighted by molar-refractivity contribution is 7.98. The molecule has 0 aliphatic rings. The minimum atomic E-state index is -0.497. The zero-order chi connectivity index (χ0) is 13.7. The molecule has 2 rings (SSSR count). The van der Waals surface area contributed by atoms with Crippen LogP contribution in [0.25, 0.3) is 0 Å². The highest BCUT2D eigenvalue weighted by Crippen LogP contribution is 2.23. The summed E-state index contributed by atoms with van der Waals surface area (Å²) in [4.78, 5) is 19.3. The Kier molecular flexibility index (Phi) is 4.48. The number of rotatable bonds is 6. The van der Waals surface area contributed by atoms with Crippen LogP contribution < -0.4 is 0 Å². The van der Waals surface area contributed by atoms with E-state index < -0.39 is 4.92 Å². The van der Waals surface area contributed by atoms with E-state index in [0.29, 0.717) is 11.6 Å². The molecule has 0 spiro atoms. The lowest BCUT2D eigenvalue weighted by Gasteiger charge is -2.03. The van der Waals surface area contributed by atoms with Gasteiger partial charge in [0.05, 0.1) is 12.4 Å². The molecule has 0 saturated heterocycles. The zero-order valence-electron chi connectivity index (χ0n) is 9.97. The summed E-state index contributed by atoms with van der Waals surface area (Å²) in [5.41, 5.74) is 0. The van der Waals surface area contributed by atoms with Crippen LogP contribution in [0.5, 0.6) is 0 Å². The Balaban J connectivity index is 2.14. The van der Waals surface area contributed by atoms with Gasteiger partial charge in [0.2, 0.25) is 5.82 Å². The summed E-state index contributed by atoms with van der Waals surface area (Å²) in [5, 5.41) is 19.8. The van der Waals surface area contributed by atoms with Gasteiger partial charge in [0, 0.05) is 17.3 Å². The third-order valence-corrected chi connectivity index (χ3v) is 3.45. The Morgan fingerprint density at radius 1 is 1.42 bits per heavy atom. The number of hydrogen-bond donors (Lipinski definition) is 1. The monoisotopic (exact) mass is 280 g/mol. The molecule has 2 aromatic rings. The van der Waals surface area contributed by atoms with E-state index >= 15 is 0 Å². The summed E-state index contributed by atoms with van der Waals surface area (Å²) in [6.07, 6.45) is 4.59. The van der Waals surface area contributed by atoms with Crippen LogP contribution in [0.2, 0.25) is 0 Å². The summed E-state index contributed by atoms with van der Waals surface area (Å²) in [6.45, 7) is 0.00662. The summed E-state index contributed by atoms with van der Waals surface area (Å²) in [5.74, 6) is 0.972. The van der Waals surface area contributed by atoms with Crippen molar-refractivity contribution in [3.05, 3.63) is 46.7 Å². The van der Waals surface area contributed by atoms with E-state index in [2.05, 4.69) is 9.97 Å². The quantitative estimate of drug-likeness (QED) is 0.489. The standard InChI is InChI=1S/C11H12N4O3S/c16-6-5-14-10(13-7-11(14)15(17)18)8-19-9-1-3-12-4-2-9/h1-4,7,16H,5-6,8H2. The molecule has 1 N–H and O–H groups in total. The van der Waals surface area contributed by atoms with Crippen LogP contribution in [0.15, 0.2) is 35.6 Å². The number of hydrogen-bond acceptors (Lipinski definition) is 6. The van der Waals surface area contributed by atoms with Gasteiger partial charge < -0.3 is 15.2 Å². The molecule has 0 aliphatic carbocycles. The maximum absolute atomic E-state index is 10.8. The number of nitro groups is 1. The van der Waals surface area contributed by atoms with E-state index in [4.69, 9.17) is 5.11 Å². The molecular formula is C11H12N4O3S. The molecule has 0 radical (unpaired) electrons. The molecule has 2 aromatic heterocycles. The first-order chi connectivity index (χ1) is 9.22. The molecule has 0 amide bonds. The van der Waals surface area contributed by atoms with Crippen molar-refractivity contribution in [3.63, 3.8) is 0 Å². The predicted octanol–water partition coefficient (Wildman–Crippen LogP) is 1.47. The van der Waals surface area contributed by atoms with Gasteiger partial charge in [0.15, 0.2) is 0 Å².